The van der Waals surface area contributed by atoms with E-state index in [1.54, 1.807) is 29.2 Å². The molecule has 0 fully saturated rings. The number of nitrogens with one attached hydrogen (secondary N) is 1. The summed E-state index contributed by atoms with van der Waals surface area (Å²) in [6.45, 7) is 0.762. The van der Waals surface area contributed by atoms with Crippen LogP contribution in [0.2, 0.25) is 0 Å². The second kappa shape index (κ2) is 6.46. The maximum absolute atomic E-state index is 11.6. The number of hydrogen-bond donors (Lipinski definition) is 2. The van der Waals surface area contributed by atoms with E-state index in [0.717, 1.165) is 5.56 Å². The van der Waals surface area contributed by atoms with E-state index in [9.17, 15) is 9.59 Å². The number of amides is 1. The molecule has 1 heterocycles. The maximum Gasteiger partial charge on any atom is 0.335 e. The largest absolute Gasteiger partial charge is 0.478 e. The molecule has 1 amide bonds. The number of aromatic carboxylic acids is 1. The van der Waals surface area contributed by atoms with Gasteiger partial charge in [0.25, 0.3) is 0 Å². The fraction of sp³-hybridized carbons (Fsp3) is 0.231. The highest BCUT2D eigenvalue weighted by Gasteiger charge is 2.05. The summed E-state index contributed by atoms with van der Waals surface area (Å²) in [7, 11) is 0. The Morgan fingerprint density at radius 3 is 2.90 bits per heavy atom. The van der Waals surface area contributed by atoms with Crippen molar-refractivity contribution in [1.82, 2.24) is 20.1 Å². The van der Waals surface area contributed by atoms with Crippen LogP contribution in [0.5, 0.6) is 0 Å². The molecule has 0 radical (unpaired) electrons. The third-order valence-corrected chi connectivity index (χ3v) is 2.70. The van der Waals surface area contributed by atoms with Crippen molar-refractivity contribution in [2.24, 2.45) is 0 Å². The van der Waals surface area contributed by atoms with Crippen molar-refractivity contribution in [1.29, 1.82) is 0 Å². The van der Waals surface area contributed by atoms with Crippen molar-refractivity contribution >= 4 is 11.9 Å². The molecule has 0 bridgehead atoms. The molecule has 7 heteroatoms. The number of carboxylic acid groups (broad SMARTS) is 1. The molecule has 0 aliphatic heterocycles. The first-order valence-corrected chi connectivity index (χ1v) is 6.06. The maximum atomic E-state index is 11.6. The van der Waals surface area contributed by atoms with Crippen LogP contribution < -0.4 is 5.32 Å². The highest BCUT2D eigenvalue weighted by molar-refractivity contribution is 5.87. The second-order valence-corrected chi connectivity index (χ2v) is 4.19. The van der Waals surface area contributed by atoms with Gasteiger partial charge >= 0.3 is 5.97 Å². The Morgan fingerprint density at radius 2 is 2.20 bits per heavy atom. The molecule has 0 unspecified atom stereocenters. The number of carbonyl (C=O) groups excluding carboxylic acids is 1. The van der Waals surface area contributed by atoms with E-state index in [1.165, 1.54) is 12.4 Å². The standard InChI is InChI=1S/C13H14N4O3/c18-12(4-5-17-9-14-8-16-17)15-7-10-2-1-3-11(6-10)13(19)20/h1-3,6,8-9H,4-5,7H2,(H,15,18)(H,19,20). The number of carboxylic acids is 1. The van der Waals surface area contributed by atoms with Crippen molar-refractivity contribution in [3.63, 3.8) is 0 Å². The van der Waals surface area contributed by atoms with Crippen LogP contribution >= 0.6 is 0 Å². The summed E-state index contributed by atoms with van der Waals surface area (Å²) in [5.74, 6) is -1.11. The average Bonchev–Trinajstić information content (AvgIpc) is 2.96. The molecule has 0 atom stereocenters. The van der Waals surface area contributed by atoms with E-state index >= 15 is 0 Å². The van der Waals surface area contributed by atoms with E-state index < -0.39 is 5.97 Å². The summed E-state index contributed by atoms with van der Waals surface area (Å²) in [5.41, 5.74) is 0.957. The summed E-state index contributed by atoms with van der Waals surface area (Å²) in [6.07, 6.45) is 3.25. The fourth-order valence-electron chi connectivity index (χ4n) is 1.67. The van der Waals surface area contributed by atoms with Gasteiger partial charge in [0, 0.05) is 13.0 Å². The highest BCUT2D eigenvalue weighted by Crippen LogP contribution is 2.05. The van der Waals surface area contributed by atoms with Gasteiger partial charge in [-0.25, -0.2) is 9.78 Å². The van der Waals surface area contributed by atoms with Crippen LogP contribution in [0.1, 0.15) is 22.3 Å². The first kappa shape index (κ1) is 13.7. The van der Waals surface area contributed by atoms with Gasteiger partial charge in [0.1, 0.15) is 12.7 Å². The van der Waals surface area contributed by atoms with Crippen molar-refractivity contribution in [3.05, 3.63) is 48.0 Å². The minimum absolute atomic E-state index is 0.124. The molecule has 0 spiro atoms. The second-order valence-electron chi connectivity index (χ2n) is 4.19. The lowest BCUT2D eigenvalue weighted by Crippen LogP contribution is -2.24. The van der Waals surface area contributed by atoms with Crippen molar-refractivity contribution < 1.29 is 14.7 Å². The molecule has 104 valence electrons. The van der Waals surface area contributed by atoms with E-state index in [2.05, 4.69) is 15.4 Å². The number of aryl methyl sites for hydroxylation is 1. The van der Waals surface area contributed by atoms with Gasteiger partial charge in [0.15, 0.2) is 0 Å². The van der Waals surface area contributed by atoms with E-state index in [1.807, 2.05) is 0 Å². The molecule has 0 aliphatic rings. The molecule has 1 aromatic heterocycles. The average molecular weight is 274 g/mol. The van der Waals surface area contributed by atoms with Gasteiger partial charge < -0.3 is 10.4 Å². The molecule has 2 aromatic rings. The van der Waals surface area contributed by atoms with Crippen LogP contribution in [0.4, 0.5) is 0 Å². The van der Waals surface area contributed by atoms with Crippen molar-refractivity contribution in [2.75, 3.05) is 0 Å². The lowest BCUT2D eigenvalue weighted by atomic mass is 10.1. The summed E-state index contributed by atoms with van der Waals surface area (Å²) in [6, 6.07) is 6.48. The first-order valence-electron chi connectivity index (χ1n) is 6.06. The van der Waals surface area contributed by atoms with Crippen LogP contribution in [0.15, 0.2) is 36.9 Å². The Kier molecular flexibility index (Phi) is 4.43. The zero-order chi connectivity index (χ0) is 14.4. The summed E-state index contributed by atoms with van der Waals surface area (Å²) in [4.78, 5) is 26.2. The topological polar surface area (TPSA) is 97.1 Å². The van der Waals surface area contributed by atoms with E-state index in [0.29, 0.717) is 19.5 Å². The van der Waals surface area contributed by atoms with Crippen molar-refractivity contribution in [3.8, 4) is 0 Å². The van der Waals surface area contributed by atoms with Crippen LogP contribution in [-0.2, 0) is 17.9 Å². The Bertz CT molecular complexity index is 595. The number of rotatable bonds is 6. The minimum atomic E-state index is -0.982. The highest BCUT2D eigenvalue weighted by atomic mass is 16.4. The van der Waals surface area contributed by atoms with Gasteiger partial charge in [-0.15, -0.1) is 0 Å². The SMILES string of the molecule is O=C(CCn1cncn1)NCc1cccc(C(=O)O)c1. The molecule has 0 saturated heterocycles. The molecule has 20 heavy (non-hydrogen) atoms. The summed E-state index contributed by atoms with van der Waals surface area (Å²) >= 11 is 0. The first-order chi connectivity index (χ1) is 9.65. The number of hydrogen-bond acceptors (Lipinski definition) is 4. The van der Waals surface area contributed by atoms with E-state index in [4.69, 9.17) is 5.11 Å². The fourth-order valence-corrected chi connectivity index (χ4v) is 1.67. The smallest absolute Gasteiger partial charge is 0.335 e. The van der Waals surface area contributed by atoms with Gasteiger partial charge in [-0.05, 0) is 17.7 Å². The van der Waals surface area contributed by atoms with Crippen LogP contribution in [-0.4, -0.2) is 31.7 Å². The molecule has 7 nitrogen and oxygen atoms in total. The predicted octanol–water partition coefficient (Wildman–Crippen LogP) is 0.683. The van der Waals surface area contributed by atoms with Gasteiger partial charge in [-0.3, -0.25) is 9.48 Å². The lowest BCUT2D eigenvalue weighted by molar-refractivity contribution is -0.121. The number of nitrogens with zero attached hydrogens (tertiary/aromatic N) is 3. The zero-order valence-corrected chi connectivity index (χ0v) is 10.7. The van der Waals surface area contributed by atoms with Gasteiger partial charge in [0.05, 0.1) is 12.1 Å². The number of carbonyl (C=O) groups is 2. The Balaban J connectivity index is 1.81. The third kappa shape index (κ3) is 3.91. The van der Waals surface area contributed by atoms with Crippen LogP contribution in [0.3, 0.4) is 0 Å². The number of benzene rings is 1. The molecular formula is C13H14N4O3. The van der Waals surface area contributed by atoms with Gasteiger partial charge in [-0.2, -0.15) is 5.10 Å². The van der Waals surface area contributed by atoms with E-state index in [-0.39, 0.29) is 11.5 Å². The van der Waals surface area contributed by atoms with Gasteiger partial charge in [0.2, 0.25) is 5.91 Å². The Labute approximate surface area is 115 Å². The molecule has 0 aliphatic carbocycles. The Hall–Kier alpha value is -2.70. The molecule has 2 N–H and O–H groups in total. The Morgan fingerprint density at radius 1 is 1.35 bits per heavy atom. The summed E-state index contributed by atoms with van der Waals surface area (Å²) < 4.78 is 1.57. The van der Waals surface area contributed by atoms with Crippen molar-refractivity contribution in [2.45, 2.75) is 19.5 Å². The third-order valence-electron chi connectivity index (χ3n) is 2.70. The van der Waals surface area contributed by atoms with Crippen LogP contribution in [0.25, 0.3) is 0 Å². The van der Waals surface area contributed by atoms with Gasteiger partial charge in [-0.1, -0.05) is 12.1 Å². The molecule has 2 rings (SSSR count). The normalized spacial score (nSPS) is 10.2. The minimum Gasteiger partial charge on any atom is -0.478 e. The quantitative estimate of drug-likeness (QED) is 0.807. The monoisotopic (exact) mass is 274 g/mol. The summed E-state index contributed by atoms with van der Waals surface area (Å²) in [5, 5.41) is 15.5. The molecule has 0 saturated carbocycles. The number of aromatic nitrogens is 3. The van der Waals surface area contributed by atoms with Crippen LogP contribution in [0, 0.1) is 0 Å². The zero-order valence-electron chi connectivity index (χ0n) is 10.7. The lowest BCUT2D eigenvalue weighted by Gasteiger charge is -2.06. The molecule has 1 aromatic carbocycles. The molecular weight excluding hydrogens is 260 g/mol. The predicted molar refractivity (Wildman–Crippen MR) is 69.9 cm³/mol.